The van der Waals surface area contributed by atoms with Crippen molar-refractivity contribution in [3.8, 4) is 11.3 Å². The van der Waals surface area contributed by atoms with Gasteiger partial charge in [-0.15, -0.1) is 0 Å². The first kappa shape index (κ1) is 17.1. The fraction of sp³-hybridized carbons (Fsp3) is 0.412. The number of hydrogen-bond donors (Lipinski definition) is 1. The number of oxazole rings is 1. The monoisotopic (exact) mass is 322 g/mol. The first-order valence-electron chi connectivity index (χ1n) is 7.62. The molecule has 2 rings (SSSR count). The lowest BCUT2D eigenvalue weighted by atomic mass is 10.1. The molecule has 1 heterocycles. The van der Waals surface area contributed by atoms with Gasteiger partial charge in [-0.3, -0.25) is 4.79 Å². The van der Waals surface area contributed by atoms with Gasteiger partial charge in [-0.2, -0.15) is 0 Å². The van der Waals surface area contributed by atoms with E-state index >= 15 is 0 Å². The van der Waals surface area contributed by atoms with Crippen molar-refractivity contribution in [3.63, 3.8) is 0 Å². The number of hydrogen-bond acceptors (Lipinski definition) is 3. The lowest BCUT2D eigenvalue weighted by Gasteiger charge is -2.06. The van der Waals surface area contributed by atoms with Crippen LogP contribution in [0.1, 0.15) is 32.6 Å². The molecule has 4 nitrogen and oxygen atoms in total. The number of rotatable bonds is 7. The van der Waals surface area contributed by atoms with Gasteiger partial charge in [-0.05, 0) is 24.5 Å². The number of carbonyl (C=O) groups excluding carboxylic acids is 1. The summed E-state index contributed by atoms with van der Waals surface area (Å²) < 4.78 is 32.0. The Bertz CT molecular complexity index is 668. The molecule has 0 radical (unpaired) electrons. The maximum atomic E-state index is 13.7. The van der Waals surface area contributed by atoms with Crippen LogP contribution in [0.3, 0.4) is 0 Å². The first-order valence-corrected chi connectivity index (χ1v) is 7.62. The number of carbonyl (C=O) groups is 1. The smallest absolute Gasteiger partial charge is 0.220 e. The van der Waals surface area contributed by atoms with Crippen LogP contribution in [0.5, 0.6) is 0 Å². The van der Waals surface area contributed by atoms with Gasteiger partial charge in [0, 0.05) is 25.5 Å². The Hall–Kier alpha value is -2.24. The fourth-order valence-corrected chi connectivity index (χ4v) is 2.05. The summed E-state index contributed by atoms with van der Waals surface area (Å²) in [4.78, 5) is 15.7. The molecule has 0 aliphatic carbocycles. The first-order chi connectivity index (χ1) is 11.0. The Labute approximate surface area is 133 Å². The molecule has 1 aromatic heterocycles. The van der Waals surface area contributed by atoms with E-state index in [1.54, 1.807) is 0 Å². The van der Waals surface area contributed by atoms with E-state index < -0.39 is 11.6 Å². The Morgan fingerprint density at radius 1 is 1.35 bits per heavy atom. The van der Waals surface area contributed by atoms with E-state index in [1.165, 1.54) is 12.3 Å². The summed E-state index contributed by atoms with van der Waals surface area (Å²) >= 11 is 0. The minimum absolute atomic E-state index is 0.0710. The highest BCUT2D eigenvalue weighted by molar-refractivity contribution is 5.76. The molecule has 0 bridgehead atoms. The van der Waals surface area contributed by atoms with Crippen molar-refractivity contribution in [2.24, 2.45) is 5.92 Å². The summed E-state index contributed by atoms with van der Waals surface area (Å²) in [6.07, 6.45) is 2.89. The quantitative estimate of drug-likeness (QED) is 0.845. The van der Waals surface area contributed by atoms with Crippen LogP contribution in [0.15, 0.2) is 28.8 Å². The van der Waals surface area contributed by atoms with Crippen molar-refractivity contribution in [2.75, 3.05) is 6.54 Å². The van der Waals surface area contributed by atoms with E-state index in [1.807, 2.05) is 0 Å². The normalized spacial score (nSPS) is 11.0. The zero-order chi connectivity index (χ0) is 16.8. The van der Waals surface area contributed by atoms with Gasteiger partial charge < -0.3 is 9.73 Å². The molecule has 1 amide bonds. The predicted octanol–water partition coefficient (Wildman–Crippen LogP) is 3.71. The molecule has 0 saturated heterocycles. The lowest BCUT2D eigenvalue weighted by Crippen LogP contribution is -2.25. The maximum Gasteiger partial charge on any atom is 0.220 e. The summed E-state index contributed by atoms with van der Waals surface area (Å²) in [6, 6.07) is 3.25. The third kappa shape index (κ3) is 5.16. The molecule has 0 spiro atoms. The Morgan fingerprint density at radius 3 is 2.83 bits per heavy atom. The van der Waals surface area contributed by atoms with Crippen molar-refractivity contribution in [2.45, 2.75) is 33.1 Å². The molecule has 0 atom stereocenters. The van der Waals surface area contributed by atoms with Gasteiger partial charge in [0.1, 0.15) is 11.6 Å². The SMILES string of the molecule is CC(C)CCNC(=O)CCc1ncc(-c2ccc(F)cc2F)o1. The summed E-state index contributed by atoms with van der Waals surface area (Å²) in [5, 5.41) is 2.83. The van der Waals surface area contributed by atoms with Crippen LogP contribution < -0.4 is 5.32 Å². The van der Waals surface area contributed by atoms with E-state index in [4.69, 9.17) is 4.42 Å². The van der Waals surface area contributed by atoms with Crippen LogP contribution in [0.2, 0.25) is 0 Å². The van der Waals surface area contributed by atoms with Crippen LogP contribution >= 0.6 is 0 Å². The second-order valence-corrected chi connectivity index (χ2v) is 5.77. The summed E-state index contributed by atoms with van der Waals surface area (Å²) in [7, 11) is 0. The van der Waals surface area contributed by atoms with E-state index in [0.717, 1.165) is 18.6 Å². The molecule has 0 aliphatic rings. The number of aromatic nitrogens is 1. The van der Waals surface area contributed by atoms with Gasteiger partial charge in [0.2, 0.25) is 5.91 Å². The summed E-state index contributed by atoms with van der Waals surface area (Å²) in [5.74, 6) is -0.322. The molecule has 0 aliphatic heterocycles. The van der Waals surface area contributed by atoms with Crippen molar-refractivity contribution in [1.29, 1.82) is 0 Å². The standard InChI is InChI=1S/C17H20F2N2O2/c1-11(2)7-8-20-16(22)5-6-17-21-10-15(23-17)13-4-3-12(18)9-14(13)19/h3-4,9-11H,5-8H2,1-2H3,(H,20,22). The van der Waals surface area contributed by atoms with Crippen molar-refractivity contribution in [1.82, 2.24) is 10.3 Å². The molecule has 124 valence electrons. The van der Waals surface area contributed by atoms with Crippen molar-refractivity contribution >= 4 is 5.91 Å². The van der Waals surface area contributed by atoms with E-state index in [2.05, 4.69) is 24.1 Å². The molecular formula is C17H20F2N2O2. The van der Waals surface area contributed by atoms with Crippen LogP contribution in [-0.4, -0.2) is 17.4 Å². The molecule has 0 fully saturated rings. The van der Waals surface area contributed by atoms with Crippen LogP contribution in [0.25, 0.3) is 11.3 Å². The number of nitrogens with one attached hydrogen (secondary N) is 1. The predicted molar refractivity (Wildman–Crippen MR) is 82.6 cm³/mol. The third-order valence-corrected chi connectivity index (χ3v) is 3.36. The number of halogens is 2. The minimum Gasteiger partial charge on any atom is -0.441 e. The number of amides is 1. The maximum absolute atomic E-state index is 13.7. The molecule has 1 aromatic carbocycles. The average molecular weight is 322 g/mol. The molecule has 6 heteroatoms. The second kappa shape index (κ2) is 7.85. The number of aryl methyl sites for hydroxylation is 1. The van der Waals surface area contributed by atoms with Gasteiger partial charge in [-0.1, -0.05) is 13.8 Å². The highest BCUT2D eigenvalue weighted by Crippen LogP contribution is 2.24. The molecule has 0 unspecified atom stereocenters. The van der Waals surface area contributed by atoms with Gasteiger partial charge in [0.15, 0.2) is 11.7 Å². The van der Waals surface area contributed by atoms with Gasteiger partial charge in [0.25, 0.3) is 0 Å². The van der Waals surface area contributed by atoms with Gasteiger partial charge in [0.05, 0.1) is 11.8 Å². The fourth-order valence-electron chi connectivity index (χ4n) is 2.05. The van der Waals surface area contributed by atoms with Crippen molar-refractivity contribution in [3.05, 3.63) is 41.9 Å². The topological polar surface area (TPSA) is 55.1 Å². The number of nitrogens with zero attached hydrogens (tertiary/aromatic N) is 1. The molecule has 1 N–H and O–H groups in total. The molecule has 2 aromatic rings. The van der Waals surface area contributed by atoms with Crippen LogP contribution in [0.4, 0.5) is 8.78 Å². The molecule has 0 saturated carbocycles. The van der Waals surface area contributed by atoms with Gasteiger partial charge >= 0.3 is 0 Å². The Morgan fingerprint density at radius 2 is 2.13 bits per heavy atom. The Balaban J connectivity index is 1.88. The van der Waals surface area contributed by atoms with E-state index in [0.29, 0.717) is 24.8 Å². The molecule has 23 heavy (non-hydrogen) atoms. The average Bonchev–Trinajstić information content (AvgIpc) is 2.93. The third-order valence-electron chi connectivity index (χ3n) is 3.36. The number of benzene rings is 1. The molecular weight excluding hydrogens is 302 g/mol. The largest absolute Gasteiger partial charge is 0.441 e. The zero-order valence-corrected chi connectivity index (χ0v) is 13.2. The second-order valence-electron chi connectivity index (χ2n) is 5.77. The zero-order valence-electron chi connectivity index (χ0n) is 13.2. The highest BCUT2D eigenvalue weighted by Gasteiger charge is 2.13. The lowest BCUT2D eigenvalue weighted by molar-refractivity contribution is -0.121. The Kier molecular flexibility index (Phi) is 5.84. The summed E-state index contributed by atoms with van der Waals surface area (Å²) in [6.45, 7) is 4.83. The van der Waals surface area contributed by atoms with Crippen LogP contribution in [-0.2, 0) is 11.2 Å². The van der Waals surface area contributed by atoms with Gasteiger partial charge in [-0.25, -0.2) is 13.8 Å². The van der Waals surface area contributed by atoms with Crippen molar-refractivity contribution < 1.29 is 18.0 Å². The van der Waals surface area contributed by atoms with Crippen LogP contribution in [0, 0.1) is 17.6 Å². The summed E-state index contributed by atoms with van der Waals surface area (Å²) in [5.41, 5.74) is 0.145. The van der Waals surface area contributed by atoms with E-state index in [9.17, 15) is 13.6 Å². The minimum atomic E-state index is -0.709. The highest BCUT2D eigenvalue weighted by atomic mass is 19.1. The van der Waals surface area contributed by atoms with E-state index in [-0.39, 0.29) is 23.7 Å².